The number of aromatic nitrogens is 2. The number of ether oxygens (including phenoxy) is 2. The summed E-state index contributed by atoms with van der Waals surface area (Å²) in [4.78, 5) is 20.2. The van der Waals surface area contributed by atoms with Crippen LogP contribution < -0.4 is 11.1 Å². The van der Waals surface area contributed by atoms with Crippen LogP contribution in [0.1, 0.15) is 21.6 Å². The normalized spacial score (nSPS) is 19.5. The third kappa shape index (κ3) is 3.08. The molecule has 0 fully saturated rings. The van der Waals surface area contributed by atoms with Crippen LogP contribution in [0.2, 0.25) is 0 Å². The lowest BCUT2D eigenvalue weighted by Gasteiger charge is -2.38. The van der Waals surface area contributed by atoms with E-state index < -0.39 is 5.60 Å². The van der Waals surface area contributed by atoms with Crippen molar-refractivity contribution >= 4 is 11.7 Å². The lowest BCUT2D eigenvalue weighted by atomic mass is 9.86. The Morgan fingerprint density at radius 1 is 1.38 bits per heavy atom. The maximum atomic E-state index is 12.4. The molecule has 1 aliphatic rings. The van der Waals surface area contributed by atoms with Gasteiger partial charge in [0.15, 0.2) is 11.5 Å². The zero-order valence-electron chi connectivity index (χ0n) is 13.5. The molecule has 1 aromatic heterocycles. The number of anilines is 1. The van der Waals surface area contributed by atoms with E-state index in [1.54, 1.807) is 7.11 Å². The zero-order valence-corrected chi connectivity index (χ0v) is 13.5. The summed E-state index contributed by atoms with van der Waals surface area (Å²) in [7, 11) is 1.62. The molecule has 3 rings (SSSR count). The summed E-state index contributed by atoms with van der Waals surface area (Å²) in [5.41, 5.74) is 7.32. The summed E-state index contributed by atoms with van der Waals surface area (Å²) < 4.78 is 11.4. The van der Waals surface area contributed by atoms with Gasteiger partial charge in [-0.05, 0) is 17.5 Å². The molecule has 126 valence electrons. The summed E-state index contributed by atoms with van der Waals surface area (Å²) in [6, 6.07) is 8.04. The Kier molecular flexibility index (Phi) is 4.73. The van der Waals surface area contributed by atoms with Gasteiger partial charge in [0.25, 0.3) is 5.91 Å². The topological polar surface area (TPSA) is 99.4 Å². The zero-order chi connectivity index (χ0) is 17.0. The van der Waals surface area contributed by atoms with Crippen molar-refractivity contribution in [2.24, 2.45) is 0 Å². The smallest absolute Gasteiger partial charge is 0.273 e. The number of amides is 1. The van der Waals surface area contributed by atoms with Gasteiger partial charge in [0.05, 0.1) is 19.8 Å². The number of carbonyl (C=O) groups is 1. The summed E-state index contributed by atoms with van der Waals surface area (Å²) >= 11 is 0. The number of hydrogen-bond donors (Lipinski definition) is 2. The van der Waals surface area contributed by atoms with Gasteiger partial charge in [-0.2, -0.15) is 0 Å². The molecule has 2 heterocycles. The van der Waals surface area contributed by atoms with Crippen molar-refractivity contribution in [1.82, 2.24) is 15.3 Å². The minimum Gasteiger partial charge on any atom is -0.382 e. The predicted molar refractivity (Wildman–Crippen MR) is 88.4 cm³/mol. The fourth-order valence-electron chi connectivity index (χ4n) is 3.00. The molecule has 1 amide bonds. The molecule has 2 aromatic rings. The maximum Gasteiger partial charge on any atom is 0.273 e. The molecule has 24 heavy (non-hydrogen) atoms. The van der Waals surface area contributed by atoms with Crippen molar-refractivity contribution in [1.29, 1.82) is 0 Å². The van der Waals surface area contributed by atoms with Crippen LogP contribution in [0, 0.1) is 0 Å². The number of fused-ring (bicyclic) bond motifs is 1. The number of benzene rings is 1. The number of rotatable bonds is 5. The Morgan fingerprint density at radius 3 is 2.96 bits per heavy atom. The Hall–Kier alpha value is -2.51. The molecule has 1 atom stereocenters. The number of nitrogens with one attached hydrogen (secondary N) is 1. The molecular weight excluding hydrogens is 308 g/mol. The first-order valence-corrected chi connectivity index (χ1v) is 7.72. The molecule has 7 nitrogen and oxygen atoms in total. The second-order valence-electron chi connectivity index (χ2n) is 5.66. The largest absolute Gasteiger partial charge is 0.382 e. The van der Waals surface area contributed by atoms with E-state index in [0.717, 1.165) is 12.0 Å². The Balaban J connectivity index is 1.83. The molecule has 0 saturated carbocycles. The second-order valence-corrected chi connectivity index (χ2v) is 5.66. The van der Waals surface area contributed by atoms with Gasteiger partial charge >= 0.3 is 0 Å². The molecule has 3 N–H and O–H groups in total. The highest BCUT2D eigenvalue weighted by atomic mass is 16.5. The number of methoxy groups -OCH3 is 1. The lowest BCUT2D eigenvalue weighted by molar-refractivity contribution is -0.0997. The van der Waals surface area contributed by atoms with E-state index in [4.69, 9.17) is 15.2 Å². The van der Waals surface area contributed by atoms with E-state index in [1.807, 2.05) is 18.2 Å². The van der Waals surface area contributed by atoms with Crippen molar-refractivity contribution in [2.75, 3.05) is 32.6 Å². The van der Waals surface area contributed by atoms with Crippen LogP contribution in [0.25, 0.3) is 0 Å². The Bertz CT molecular complexity index is 737. The van der Waals surface area contributed by atoms with Crippen LogP contribution in [0.4, 0.5) is 5.82 Å². The van der Waals surface area contributed by atoms with E-state index in [2.05, 4.69) is 21.4 Å². The maximum absolute atomic E-state index is 12.4. The van der Waals surface area contributed by atoms with Crippen molar-refractivity contribution in [3.8, 4) is 0 Å². The van der Waals surface area contributed by atoms with Gasteiger partial charge in [-0.3, -0.25) is 4.79 Å². The number of hydrogen-bond acceptors (Lipinski definition) is 6. The van der Waals surface area contributed by atoms with E-state index in [9.17, 15) is 4.79 Å². The predicted octanol–water partition coefficient (Wildman–Crippen LogP) is 0.903. The van der Waals surface area contributed by atoms with Gasteiger partial charge in [0.1, 0.15) is 5.60 Å². The van der Waals surface area contributed by atoms with Crippen LogP contribution in [0.3, 0.4) is 0 Å². The number of carbonyl (C=O) groups excluding carboxylic acids is 1. The van der Waals surface area contributed by atoms with Gasteiger partial charge < -0.3 is 20.5 Å². The molecule has 7 heteroatoms. The van der Waals surface area contributed by atoms with Gasteiger partial charge in [0, 0.05) is 19.5 Å². The van der Waals surface area contributed by atoms with Crippen LogP contribution in [0.15, 0.2) is 36.7 Å². The van der Waals surface area contributed by atoms with Crippen LogP contribution in [0.5, 0.6) is 0 Å². The van der Waals surface area contributed by atoms with Gasteiger partial charge in [-0.1, -0.05) is 24.3 Å². The molecule has 0 bridgehead atoms. The quantitative estimate of drug-likeness (QED) is 0.846. The SMILES string of the molecule is COCC1(CNC(=O)c2nccnc2N)OCCc2ccccc21. The van der Waals surface area contributed by atoms with Crippen molar-refractivity contribution in [3.05, 3.63) is 53.5 Å². The molecule has 0 aliphatic carbocycles. The Morgan fingerprint density at radius 2 is 2.17 bits per heavy atom. The van der Waals surface area contributed by atoms with Gasteiger partial charge in [-0.25, -0.2) is 9.97 Å². The van der Waals surface area contributed by atoms with Crippen LogP contribution in [-0.4, -0.2) is 42.7 Å². The molecule has 1 aliphatic heterocycles. The lowest BCUT2D eigenvalue weighted by Crippen LogP contribution is -2.49. The standard InChI is InChI=1S/C17H20N4O3/c1-23-11-17(13-5-3-2-4-12(13)6-9-24-17)10-21-16(22)14-15(18)20-8-7-19-14/h2-5,7-8H,6,9-11H2,1H3,(H2,18,20)(H,21,22). The molecular formula is C17H20N4O3. The number of nitrogens with two attached hydrogens (primary N) is 1. The number of nitrogen functional groups attached to an aromatic ring is 1. The van der Waals surface area contributed by atoms with Crippen molar-refractivity contribution in [3.63, 3.8) is 0 Å². The van der Waals surface area contributed by atoms with Crippen molar-refractivity contribution in [2.45, 2.75) is 12.0 Å². The third-order valence-electron chi connectivity index (χ3n) is 4.11. The van der Waals surface area contributed by atoms with E-state index >= 15 is 0 Å². The first kappa shape index (κ1) is 16.4. The molecule has 1 aromatic carbocycles. The first-order chi connectivity index (χ1) is 11.7. The fourth-order valence-corrected chi connectivity index (χ4v) is 3.00. The summed E-state index contributed by atoms with van der Waals surface area (Å²) in [6.07, 6.45) is 3.72. The first-order valence-electron chi connectivity index (χ1n) is 7.72. The summed E-state index contributed by atoms with van der Waals surface area (Å²) in [5, 5.41) is 2.85. The highest BCUT2D eigenvalue weighted by Crippen LogP contribution is 2.33. The second kappa shape index (κ2) is 6.94. The average Bonchev–Trinajstić information content (AvgIpc) is 2.61. The monoisotopic (exact) mass is 328 g/mol. The Labute approximate surface area is 140 Å². The summed E-state index contributed by atoms with van der Waals surface area (Å²) in [6.45, 7) is 1.16. The van der Waals surface area contributed by atoms with Crippen molar-refractivity contribution < 1.29 is 14.3 Å². The number of nitrogens with zero attached hydrogens (tertiary/aromatic N) is 2. The molecule has 0 radical (unpaired) electrons. The van der Waals surface area contributed by atoms with E-state index in [0.29, 0.717) is 13.2 Å². The van der Waals surface area contributed by atoms with Gasteiger partial charge in [-0.15, -0.1) is 0 Å². The minimum atomic E-state index is -0.726. The highest BCUT2D eigenvalue weighted by Gasteiger charge is 2.38. The molecule has 0 saturated heterocycles. The van der Waals surface area contributed by atoms with Crippen LogP contribution >= 0.6 is 0 Å². The molecule has 1 unspecified atom stereocenters. The minimum absolute atomic E-state index is 0.0979. The average molecular weight is 328 g/mol. The van der Waals surface area contributed by atoms with Crippen LogP contribution in [-0.2, 0) is 21.5 Å². The fraction of sp³-hybridized carbons (Fsp3) is 0.353. The summed E-state index contributed by atoms with van der Waals surface area (Å²) in [5.74, 6) is -0.288. The van der Waals surface area contributed by atoms with Gasteiger partial charge in [0.2, 0.25) is 0 Å². The highest BCUT2D eigenvalue weighted by molar-refractivity contribution is 5.96. The molecule has 0 spiro atoms. The van der Waals surface area contributed by atoms with E-state index in [1.165, 1.54) is 18.0 Å². The third-order valence-corrected chi connectivity index (χ3v) is 4.11. The van der Waals surface area contributed by atoms with E-state index in [-0.39, 0.29) is 24.0 Å².